The van der Waals surface area contributed by atoms with Crippen LogP contribution in [0.2, 0.25) is 0 Å². The minimum absolute atomic E-state index is 0.00203. The second kappa shape index (κ2) is 7.17. The summed E-state index contributed by atoms with van der Waals surface area (Å²) in [6, 6.07) is 11.8. The molecule has 1 amide bonds. The molecule has 3 rings (SSSR count). The van der Waals surface area contributed by atoms with Gasteiger partial charge in [0, 0.05) is 12.4 Å². The van der Waals surface area contributed by atoms with E-state index < -0.39 is 0 Å². The lowest BCUT2D eigenvalue weighted by Crippen LogP contribution is -2.28. The van der Waals surface area contributed by atoms with Crippen molar-refractivity contribution in [1.29, 1.82) is 0 Å². The number of nitrogens with zero attached hydrogens (tertiary/aromatic N) is 2. The maximum Gasteiger partial charge on any atom is 0.258 e. The number of carbonyl (C=O) groups is 1. The molecule has 2 aromatic heterocycles. The molecule has 2 heterocycles. The van der Waals surface area contributed by atoms with Crippen LogP contribution in [0, 0.1) is 6.92 Å². The van der Waals surface area contributed by atoms with Crippen molar-refractivity contribution in [3.05, 3.63) is 65.6 Å². The van der Waals surface area contributed by atoms with E-state index in [1.807, 2.05) is 60.1 Å². The maximum atomic E-state index is 11.9. The number of pyridine rings is 1. The molecule has 3 aromatic rings. The number of benzene rings is 1. The van der Waals surface area contributed by atoms with E-state index in [2.05, 4.69) is 17.2 Å². The summed E-state index contributed by atoms with van der Waals surface area (Å²) in [5.74, 6) is 0.536. The maximum absolute atomic E-state index is 11.9. The molecule has 0 spiro atoms. The molecule has 0 saturated heterocycles. The van der Waals surface area contributed by atoms with Gasteiger partial charge in [0.05, 0.1) is 12.2 Å². The Morgan fingerprint density at radius 2 is 2.04 bits per heavy atom. The van der Waals surface area contributed by atoms with Gasteiger partial charge < -0.3 is 14.5 Å². The molecule has 0 aliphatic rings. The van der Waals surface area contributed by atoms with Crippen LogP contribution in [0.3, 0.4) is 0 Å². The zero-order valence-electron chi connectivity index (χ0n) is 14.0. The van der Waals surface area contributed by atoms with Crippen LogP contribution in [-0.4, -0.2) is 21.9 Å². The minimum Gasteiger partial charge on any atom is -0.484 e. The fourth-order valence-electron chi connectivity index (χ4n) is 2.43. The number of rotatable bonds is 6. The van der Waals surface area contributed by atoms with Gasteiger partial charge in [-0.05, 0) is 48.7 Å². The van der Waals surface area contributed by atoms with Crippen LogP contribution in [0.1, 0.15) is 23.7 Å². The van der Waals surface area contributed by atoms with Gasteiger partial charge in [0.2, 0.25) is 0 Å². The van der Waals surface area contributed by atoms with Crippen LogP contribution in [0.5, 0.6) is 5.75 Å². The molecule has 5 heteroatoms. The van der Waals surface area contributed by atoms with E-state index in [0.717, 1.165) is 23.3 Å². The summed E-state index contributed by atoms with van der Waals surface area (Å²) in [6.45, 7) is 4.51. The normalized spacial score (nSPS) is 10.8. The second-order valence-corrected chi connectivity index (χ2v) is 5.76. The summed E-state index contributed by atoms with van der Waals surface area (Å²) in [6.07, 6.45) is 4.87. The number of hydrogen-bond acceptors (Lipinski definition) is 3. The molecular weight excluding hydrogens is 302 g/mol. The topological polar surface area (TPSA) is 55.6 Å². The summed E-state index contributed by atoms with van der Waals surface area (Å²) >= 11 is 0. The Morgan fingerprint density at radius 1 is 1.25 bits per heavy atom. The smallest absolute Gasteiger partial charge is 0.258 e. The Bertz CT molecular complexity index is 837. The van der Waals surface area contributed by atoms with Gasteiger partial charge in [-0.3, -0.25) is 4.79 Å². The van der Waals surface area contributed by atoms with Crippen molar-refractivity contribution in [3.8, 4) is 5.75 Å². The van der Waals surface area contributed by atoms with Crippen molar-refractivity contribution in [1.82, 2.24) is 14.7 Å². The lowest BCUT2D eigenvalue weighted by molar-refractivity contribution is -0.123. The molecule has 0 aliphatic heterocycles. The molecule has 5 nitrogen and oxygen atoms in total. The number of imidazole rings is 1. The van der Waals surface area contributed by atoms with Gasteiger partial charge in [-0.15, -0.1) is 0 Å². The molecule has 0 atom stereocenters. The van der Waals surface area contributed by atoms with Gasteiger partial charge >= 0.3 is 0 Å². The molecule has 1 aromatic carbocycles. The summed E-state index contributed by atoms with van der Waals surface area (Å²) in [5, 5.41) is 2.83. The number of hydrogen-bond donors (Lipinski definition) is 1. The molecule has 1 N–H and O–H groups in total. The van der Waals surface area contributed by atoms with Crippen LogP contribution >= 0.6 is 0 Å². The molecule has 0 unspecified atom stereocenters. The first-order valence-electron chi connectivity index (χ1n) is 8.06. The van der Waals surface area contributed by atoms with E-state index in [0.29, 0.717) is 12.3 Å². The highest BCUT2D eigenvalue weighted by atomic mass is 16.5. The average Bonchev–Trinajstić information content (AvgIpc) is 3.00. The van der Waals surface area contributed by atoms with E-state index in [1.54, 1.807) is 0 Å². The number of carbonyl (C=O) groups excluding carboxylic acids is 1. The number of nitrogens with one attached hydrogen (secondary N) is 1. The molecule has 0 radical (unpaired) electrons. The third-order valence-electron chi connectivity index (χ3n) is 3.83. The van der Waals surface area contributed by atoms with E-state index in [4.69, 9.17) is 4.74 Å². The van der Waals surface area contributed by atoms with Crippen molar-refractivity contribution in [2.75, 3.05) is 6.61 Å². The molecular formula is C19H21N3O2. The molecule has 0 aliphatic carbocycles. The number of ether oxygens (including phenoxy) is 1. The first kappa shape index (κ1) is 16.1. The summed E-state index contributed by atoms with van der Waals surface area (Å²) in [7, 11) is 0. The quantitative estimate of drug-likeness (QED) is 0.759. The van der Waals surface area contributed by atoms with Gasteiger partial charge in [0.1, 0.15) is 11.4 Å². The monoisotopic (exact) mass is 323 g/mol. The van der Waals surface area contributed by atoms with Crippen LogP contribution in [0.4, 0.5) is 0 Å². The van der Waals surface area contributed by atoms with Gasteiger partial charge in [0.25, 0.3) is 5.91 Å². The average molecular weight is 323 g/mol. The van der Waals surface area contributed by atoms with E-state index in [1.165, 1.54) is 5.56 Å². The Hall–Kier alpha value is -2.82. The predicted molar refractivity (Wildman–Crippen MR) is 93.1 cm³/mol. The van der Waals surface area contributed by atoms with Crippen LogP contribution in [0.25, 0.3) is 5.65 Å². The Morgan fingerprint density at radius 3 is 2.79 bits per heavy atom. The highest BCUT2D eigenvalue weighted by Gasteiger charge is 2.06. The van der Waals surface area contributed by atoms with Gasteiger partial charge in [-0.1, -0.05) is 19.1 Å². The summed E-state index contributed by atoms with van der Waals surface area (Å²) < 4.78 is 7.44. The highest BCUT2D eigenvalue weighted by molar-refractivity contribution is 5.77. The van der Waals surface area contributed by atoms with Crippen molar-refractivity contribution in [2.24, 2.45) is 0 Å². The lowest BCUT2D eigenvalue weighted by Gasteiger charge is -2.07. The van der Waals surface area contributed by atoms with Crippen LogP contribution < -0.4 is 10.1 Å². The number of fused-ring (bicyclic) bond motifs is 1. The third-order valence-corrected chi connectivity index (χ3v) is 3.83. The van der Waals surface area contributed by atoms with Crippen molar-refractivity contribution in [3.63, 3.8) is 0 Å². The first-order valence-corrected chi connectivity index (χ1v) is 8.06. The molecule has 24 heavy (non-hydrogen) atoms. The van der Waals surface area contributed by atoms with Crippen molar-refractivity contribution < 1.29 is 9.53 Å². The largest absolute Gasteiger partial charge is 0.484 e. The molecule has 0 bridgehead atoms. The van der Waals surface area contributed by atoms with Crippen molar-refractivity contribution in [2.45, 2.75) is 26.8 Å². The number of aryl methyl sites for hydroxylation is 2. The fourth-order valence-corrected chi connectivity index (χ4v) is 2.43. The molecule has 0 saturated carbocycles. The fraction of sp³-hybridized carbons (Fsp3) is 0.263. The van der Waals surface area contributed by atoms with Gasteiger partial charge in [-0.2, -0.15) is 0 Å². The Balaban J connectivity index is 1.50. The number of aromatic nitrogens is 2. The first-order chi connectivity index (χ1) is 11.6. The predicted octanol–water partition coefficient (Wildman–Crippen LogP) is 2.90. The Labute approximate surface area is 141 Å². The molecule has 124 valence electrons. The van der Waals surface area contributed by atoms with E-state index >= 15 is 0 Å². The van der Waals surface area contributed by atoms with E-state index in [9.17, 15) is 4.79 Å². The second-order valence-electron chi connectivity index (χ2n) is 5.76. The van der Waals surface area contributed by atoms with Crippen molar-refractivity contribution >= 4 is 11.6 Å². The zero-order chi connectivity index (χ0) is 16.9. The number of amides is 1. The zero-order valence-corrected chi connectivity index (χ0v) is 14.0. The van der Waals surface area contributed by atoms with Gasteiger partial charge in [0.15, 0.2) is 6.61 Å². The summed E-state index contributed by atoms with van der Waals surface area (Å²) in [4.78, 5) is 16.4. The SMILES string of the molecule is CCc1ccc(OCC(=O)NCc2cn3ccc(C)cc3n2)cc1. The lowest BCUT2D eigenvalue weighted by atomic mass is 10.2. The minimum atomic E-state index is -0.164. The third kappa shape index (κ3) is 3.93. The van der Waals surface area contributed by atoms with Gasteiger partial charge in [-0.25, -0.2) is 4.98 Å². The molecule has 0 fully saturated rings. The van der Waals surface area contributed by atoms with E-state index in [-0.39, 0.29) is 12.5 Å². The van der Waals surface area contributed by atoms with Crippen LogP contribution in [-0.2, 0) is 17.8 Å². The van der Waals surface area contributed by atoms with Crippen LogP contribution in [0.15, 0.2) is 48.8 Å². The Kier molecular flexibility index (Phi) is 4.79. The highest BCUT2D eigenvalue weighted by Crippen LogP contribution is 2.12. The standard InChI is InChI=1S/C19H21N3O2/c1-3-15-4-6-17(7-5-15)24-13-19(23)20-11-16-12-22-9-8-14(2)10-18(22)21-16/h4-10,12H,3,11,13H2,1-2H3,(H,20,23). The summed E-state index contributed by atoms with van der Waals surface area (Å²) in [5.41, 5.74) is 4.10.